The Labute approximate surface area is 389 Å². The van der Waals surface area contributed by atoms with E-state index in [1.165, 1.54) is 49.5 Å². The summed E-state index contributed by atoms with van der Waals surface area (Å²) in [7, 11) is 0. The maximum atomic E-state index is 5.25. The lowest BCUT2D eigenvalue weighted by Crippen LogP contribution is -2.25. The van der Waals surface area contributed by atoms with Crippen molar-refractivity contribution >= 4 is 49.6 Å². The molecule has 10 aromatic carbocycles. The van der Waals surface area contributed by atoms with Crippen LogP contribution in [0.15, 0.2) is 241 Å². The van der Waals surface area contributed by atoms with Gasteiger partial charge in [-0.05, 0) is 118 Å². The van der Waals surface area contributed by atoms with Crippen LogP contribution >= 0.6 is 0 Å². The van der Waals surface area contributed by atoms with E-state index < -0.39 is 0 Å². The third-order valence-corrected chi connectivity index (χ3v) is 13.3. The smallest absolute Gasteiger partial charge is 0.121 e. The van der Waals surface area contributed by atoms with Crippen molar-refractivity contribution in [2.45, 2.75) is 24.8 Å². The monoisotopic (exact) mass is 862 g/mol. The van der Waals surface area contributed by atoms with Gasteiger partial charge in [-0.25, -0.2) is 0 Å². The fourth-order valence-electron chi connectivity index (χ4n) is 9.75. The molecule has 2 unspecified atom stereocenters. The first kappa shape index (κ1) is 40.1. The van der Waals surface area contributed by atoms with Gasteiger partial charge < -0.3 is 4.90 Å². The van der Waals surface area contributed by atoms with Gasteiger partial charge in [0.15, 0.2) is 0 Å². The van der Waals surface area contributed by atoms with Crippen molar-refractivity contribution in [3.63, 3.8) is 0 Å². The highest BCUT2D eigenvalue weighted by atomic mass is 15.5. The minimum atomic E-state index is 0.0428. The van der Waals surface area contributed by atoms with Gasteiger partial charge in [0.1, 0.15) is 11.0 Å². The summed E-state index contributed by atoms with van der Waals surface area (Å²) in [5.41, 5.74) is 13.4. The normalized spacial score (nSPS) is 13.9. The number of hydrogen-bond acceptors (Lipinski definition) is 5. The molecule has 2 atom stereocenters. The highest BCUT2D eigenvalue weighted by Gasteiger charge is 2.19. The van der Waals surface area contributed by atoms with Crippen LogP contribution in [0, 0.1) is 0 Å². The predicted molar refractivity (Wildman–Crippen MR) is 273 cm³/mol. The highest BCUT2D eigenvalue weighted by molar-refractivity contribution is 6.03. The zero-order chi connectivity index (χ0) is 44.5. The van der Waals surface area contributed by atoms with E-state index in [-0.39, 0.29) is 12.0 Å². The topological polar surface area (TPSA) is 58.7 Å². The lowest BCUT2D eigenvalue weighted by atomic mass is 9.85. The molecule has 0 saturated carbocycles. The molecular formula is C61H46N6. The molecule has 0 bridgehead atoms. The molecule has 1 aliphatic rings. The molecule has 0 fully saturated rings. The van der Waals surface area contributed by atoms with Crippen LogP contribution in [0.4, 0.5) is 17.1 Å². The molecule has 1 aliphatic heterocycles. The van der Waals surface area contributed by atoms with E-state index in [2.05, 4.69) is 235 Å². The molecule has 67 heavy (non-hydrogen) atoms. The van der Waals surface area contributed by atoms with Crippen LogP contribution in [-0.2, 0) is 6.42 Å². The van der Waals surface area contributed by atoms with E-state index in [0.717, 1.165) is 69.3 Å². The van der Waals surface area contributed by atoms with Crippen molar-refractivity contribution in [1.82, 2.24) is 15.0 Å². The molecule has 0 N–H and O–H groups in total. The van der Waals surface area contributed by atoms with E-state index in [9.17, 15) is 0 Å². The van der Waals surface area contributed by atoms with Crippen LogP contribution in [-0.4, -0.2) is 21.5 Å². The Kier molecular flexibility index (Phi) is 10.5. The lowest BCUT2D eigenvalue weighted by molar-refractivity contribution is 0.659. The van der Waals surface area contributed by atoms with Crippen LogP contribution < -0.4 is 15.6 Å². The Bertz CT molecular complexity index is 3640. The Balaban J connectivity index is 0.782. The van der Waals surface area contributed by atoms with E-state index in [0.29, 0.717) is 0 Å². The number of aromatic nitrogens is 3. The molecule has 2 heterocycles. The summed E-state index contributed by atoms with van der Waals surface area (Å²) < 4.78 is 0. The second-order valence-electron chi connectivity index (χ2n) is 17.4. The number of nitrogens with zero attached hydrogens (tertiary/aromatic N) is 6. The summed E-state index contributed by atoms with van der Waals surface area (Å²) in [4.78, 5) is 14.3. The number of benzene rings is 10. The predicted octanol–water partition coefficient (Wildman–Crippen LogP) is 13.6. The van der Waals surface area contributed by atoms with Gasteiger partial charge in [0.25, 0.3) is 0 Å². The molecule has 0 radical (unpaired) electrons. The highest BCUT2D eigenvalue weighted by Crippen LogP contribution is 2.37. The molecule has 0 spiro atoms. The summed E-state index contributed by atoms with van der Waals surface area (Å²) in [5, 5.41) is 16.4. The number of para-hydroxylation sites is 1. The maximum Gasteiger partial charge on any atom is 0.121 e. The second kappa shape index (κ2) is 17.5. The van der Waals surface area contributed by atoms with Crippen LogP contribution in [0.1, 0.15) is 40.6 Å². The second-order valence-corrected chi connectivity index (χ2v) is 17.4. The number of fused-ring (bicyclic) bond motifs is 6. The standard InChI is InChI=1S/C61H46N6/c1-3-11-45(12-4-1)56(48-25-35-53(36-26-48)67-64-59-38-30-47-14-8-10-18-55(47)61(59)65-67)41-42-19-21-43(22-20-42)44-23-31-51(32-24-44)66(50-15-5-2-6-16-50)52-33-27-49(28-34-52)57-39-40-62-60-54-17-9-7-13-46(54)29-37-58(60)63-57/h1-38,56-57H,39-41H2. The third-order valence-electron chi connectivity index (χ3n) is 13.3. The zero-order valence-electron chi connectivity index (χ0n) is 36.9. The van der Waals surface area contributed by atoms with Crippen molar-refractivity contribution in [2.75, 3.05) is 11.4 Å². The summed E-state index contributed by atoms with van der Waals surface area (Å²) in [6.45, 7) is 0.744. The van der Waals surface area contributed by atoms with Gasteiger partial charge in [0, 0.05) is 40.3 Å². The maximum absolute atomic E-state index is 5.25. The van der Waals surface area contributed by atoms with Crippen molar-refractivity contribution < 1.29 is 0 Å². The van der Waals surface area contributed by atoms with E-state index in [1.807, 2.05) is 0 Å². The minimum absolute atomic E-state index is 0.0428. The molecule has 6 nitrogen and oxygen atoms in total. The van der Waals surface area contributed by atoms with Crippen molar-refractivity contribution in [3.05, 3.63) is 263 Å². The first-order chi connectivity index (χ1) is 33.2. The number of rotatable bonds is 10. The molecule has 320 valence electrons. The van der Waals surface area contributed by atoms with Gasteiger partial charge in [-0.2, -0.15) is 4.80 Å². The Hall–Kier alpha value is -8.48. The van der Waals surface area contributed by atoms with Gasteiger partial charge in [-0.15, -0.1) is 10.2 Å². The average molecular weight is 863 g/mol. The van der Waals surface area contributed by atoms with E-state index >= 15 is 0 Å². The summed E-state index contributed by atoms with van der Waals surface area (Å²) in [6, 6.07) is 82.4. The molecule has 0 aliphatic carbocycles. The molecular weight excluding hydrogens is 817 g/mol. The van der Waals surface area contributed by atoms with Crippen LogP contribution in [0.25, 0.3) is 49.4 Å². The lowest BCUT2D eigenvalue weighted by Gasteiger charge is -2.26. The molecule has 11 aromatic rings. The molecule has 0 saturated heterocycles. The van der Waals surface area contributed by atoms with Crippen LogP contribution in [0.2, 0.25) is 0 Å². The van der Waals surface area contributed by atoms with E-state index in [4.69, 9.17) is 20.2 Å². The summed E-state index contributed by atoms with van der Waals surface area (Å²) in [6.07, 6.45) is 1.74. The Morgan fingerprint density at radius 2 is 1.07 bits per heavy atom. The van der Waals surface area contributed by atoms with E-state index in [1.54, 1.807) is 4.80 Å². The van der Waals surface area contributed by atoms with Gasteiger partial charge in [0.2, 0.25) is 0 Å². The minimum Gasteiger partial charge on any atom is -0.311 e. The van der Waals surface area contributed by atoms with Crippen LogP contribution in [0.5, 0.6) is 0 Å². The molecule has 0 amide bonds. The van der Waals surface area contributed by atoms with Gasteiger partial charge >= 0.3 is 0 Å². The van der Waals surface area contributed by atoms with Crippen molar-refractivity contribution in [2.24, 2.45) is 9.98 Å². The van der Waals surface area contributed by atoms with Gasteiger partial charge in [-0.3, -0.25) is 9.98 Å². The fraction of sp³-hybridized carbons (Fsp3) is 0.0820. The Morgan fingerprint density at radius 1 is 0.493 bits per heavy atom. The summed E-state index contributed by atoms with van der Waals surface area (Å²) in [5.74, 6) is 0.182. The SMILES string of the molecule is c1ccc(C(Cc2ccc(-c3ccc(N(c4ccccc4)c4ccc(C5CCN=c6c(ccc7ccccc67)=N5)cc4)cc3)cc2)c2ccc(-n3nc4ccc5ccccc5c4n3)cc2)cc1. The number of anilines is 3. The molecule has 12 rings (SSSR count). The Morgan fingerprint density at radius 3 is 1.81 bits per heavy atom. The van der Waals surface area contributed by atoms with Crippen LogP contribution in [0.3, 0.4) is 0 Å². The zero-order valence-corrected chi connectivity index (χ0v) is 36.9. The third kappa shape index (κ3) is 7.93. The molecule has 1 aromatic heterocycles. The van der Waals surface area contributed by atoms with Gasteiger partial charge in [-0.1, -0.05) is 170 Å². The fourth-order valence-corrected chi connectivity index (χ4v) is 9.75. The molecule has 6 heteroatoms. The average Bonchev–Trinajstić information content (AvgIpc) is 3.73. The van der Waals surface area contributed by atoms with Gasteiger partial charge in [0.05, 0.1) is 22.4 Å². The number of hydrogen-bond donors (Lipinski definition) is 0. The first-order valence-electron chi connectivity index (χ1n) is 23.1. The van der Waals surface area contributed by atoms with Crippen molar-refractivity contribution in [1.29, 1.82) is 0 Å². The summed E-state index contributed by atoms with van der Waals surface area (Å²) >= 11 is 0. The largest absolute Gasteiger partial charge is 0.311 e. The van der Waals surface area contributed by atoms with Crippen molar-refractivity contribution in [3.8, 4) is 16.8 Å². The quantitative estimate of drug-likeness (QED) is 0.138. The first-order valence-corrected chi connectivity index (χ1v) is 23.1.